The van der Waals surface area contributed by atoms with E-state index in [4.69, 9.17) is 4.42 Å². The molecule has 0 aliphatic carbocycles. The van der Waals surface area contributed by atoms with Gasteiger partial charge in [0.15, 0.2) is 3.77 Å². The van der Waals surface area contributed by atoms with Gasteiger partial charge in [0.05, 0.1) is 6.54 Å². The van der Waals surface area contributed by atoms with Crippen molar-refractivity contribution in [2.24, 2.45) is 0 Å². The molecule has 0 amide bonds. The van der Waals surface area contributed by atoms with Gasteiger partial charge in [0.1, 0.15) is 5.76 Å². The highest BCUT2D eigenvalue weighted by molar-refractivity contribution is 14.1. The van der Waals surface area contributed by atoms with E-state index in [0.29, 0.717) is 6.04 Å². The van der Waals surface area contributed by atoms with Gasteiger partial charge in [0.2, 0.25) is 0 Å². The van der Waals surface area contributed by atoms with Crippen molar-refractivity contribution < 1.29 is 4.42 Å². The molecule has 0 unspecified atom stereocenters. The molecule has 1 aromatic heterocycles. The van der Waals surface area contributed by atoms with E-state index in [2.05, 4.69) is 75.0 Å². The van der Waals surface area contributed by atoms with E-state index >= 15 is 0 Å². The standard InChI is InChI=1S/C13H13BrINO/c1-9(10-2-4-11(14)5-3-10)16-8-12-6-7-13(15)17-12/h2-7,9,16H,8H2,1H3/t9-/m0/s1. The molecular formula is C13H13BrINO. The third-order valence-electron chi connectivity index (χ3n) is 2.58. The van der Waals surface area contributed by atoms with Crippen molar-refractivity contribution in [1.29, 1.82) is 0 Å². The Bertz CT molecular complexity index is 480. The van der Waals surface area contributed by atoms with Crippen LogP contribution in [0.2, 0.25) is 0 Å². The maximum atomic E-state index is 5.51. The zero-order valence-electron chi connectivity index (χ0n) is 9.41. The minimum Gasteiger partial charge on any atom is -0.454 e. The molecule has 0 radical (unpaired) electrons. The van der Waals surface area contributed by atoms with Crippen molar-refractivity contribution in [3.05, 3.63) is 56.0 Å². The minimum absolute atomic E-state index is 0.311. The molecule has 2 aromatic rings. The highest BCUT2D eigenvalue weighted by atomic mass is 127. The maximum absolute atomic E-state index is 5.51. The van der Waals surface area contributed by atoms with Crippen molar-refractivity contribution in [2.75, 3.05) is 0 Å². The molecule has 0 saturated heterocycles. The molecule has 1 atom stereocenters. The van der Waals surface area contributed by atoms with E-state index < -0.39 is 0 Å². The number of nitrogens with one attached hydrogen (secondary N) is 1. The first-order valence-corrected chi connectivity index (χ1v) is 7.25. The van der Waals surface area contributed by atoms with Crippen LogP contribution in [0.15, 0.2) is 45.3 Å². The van der Waals surface area contributed by atoms with Gasteiger partial charge in [0, 0.05) is 10.5 Å². The fourth-order valence-electron chi connectivity index (χ4n) is 1.57. The van der Waals surface area contributed by atoms with Gasteiger partial charge >= 0.3 is 0 Å². The van der Waals surface area contributed by atoms with Crippen LogP contribution in [0.1, 0.15) is 24.3 Å². The van der Waals surface area contributed by atoms with Crippen molar-refractivity contribution in [3.8, 4) is 0 Å². The average Bonchev–Trinajstić information content (AvgIpc) is 2.73. The Kier molecular flexibility index (Phi) is 4.64. The largest absolute Gasteiger partial charge is 0.454 e. The maximum Gasteiger partial charge on any atom is 0.164 e. The molecule has 4 heteroatoms. The van der Waals surface area contributed by atoms with E-state index in [1.54, 1.807) is 0 Å². The summed E-state index contributed by atoms with van der Waals surface area (Å²) in [6.07, 6.45) is 0. The van der Waals surface area contributed by atoms with E-state index in [1.807, 2.05) is 12.1 Å². The fourth-order valence-corrected chi connectivity index (χ4v) is 2.30. The summed E-state index contributed by atoms with van der Waals surface area (Å²) in [4.78, 5) is 0. The van der Waals surface area contributed by atoms with E-state index in [-0.39, 0.29) is 0 Å². The second-order valence-corrected chi connectivity index (χ2v) is 5.84. The van der Waals surface area contributed by atoms with Crippen LogP contribution in [0.4, 0.5) is 0 Å². The predicted molar refractivity (Wildman–Crippen MR) is 80.8 cm³/mol. The molecule has 0 fully saturated rings. The lowest BCUT2D eigenvalue weighted by atomic mass is 10.1. The van der Waals surface area contributed by atoms with E-state index in [1.165, 1.54) is 5.56 Å². The van der Waals surface area contributed by atoms with Crippen LogP contribution >= 0.6 is 38.5 Å². The predicted octanol–water partition coefficient (Wildman–Crippen LogP) is 4.50. The zero-order valence-corrected chi connectivity index (χ0v) is 13.2. The molecule has 2 nitrogen and oxygen atoms in total. The first kappa shape index (κ1) is 13.1. The Labute approximate surface area is 123 Å². The fraction of sp³-hybridized carbons (Fsp3) is 0.231. The van der Waals surface area contributed by atoms with Gasteiger partial charge in [-0.2, -0.15) is 0 Å². The van der Waals surface area contributed by atoms with Crippen LogP contribution in [0.3, 0.4) is 0 Å². The second kappa shape index (κ2) is 6.02. The monoisotopic (exact) mass is 405 g/mol. The van der Waals surface area contributed by atoms with Crippen molar-refractivity contribution >= 4 is 38.5 Å². The Hall–Kier alpha value is -0.330. The molecule has 90 valence electrons. The van der Waals surface area contributed by atoms with Crippen molar-refractivity contribution in [1.82, 2.24) is 5.32 Å². The third kappa shape index (κ3) is 3.82. The number of hydrogen-bond acceptors (Lipinski definition) is 2. The van der Waals surface area contributed by atoms with Gasteiger partial charge in [-0.3, -0.25) is 0 Å². The first-order valence-electron chi connectivity index (χ1n) is 5.38. The molecule has 0 spiro atoms. The van der Waals surface area contributed by atoms with Crippen LogP contribution in [0, 0.1) is 3.77 Å². The van der Waals surface area contributed by atoms with Crippen LogP contribution < -0.4 is 5.32 Å². The van der Waals surface area contributed by atoms with Gasteiger partial charge in [-0.15, -0.1) is 0 Å². The highest BCUT2D eigenvalue weighted by Gasteiger charge is 2.06. The van der Waals surface area contributed by atoms with Gasteiger partial charge in [-0.1, -0.05) is 28.1 Å². The molecule has 1 aromatic carbocycles. The molecule has 17 heavy (non-hydrogen) atoms. The number of benzene rings is 1. The summed E-state index contributed by atoms with van der Waals surface area (Å²) >= 11 is 5.61. The summed E-state index contributed by atoms with van der Waals surface area (Å²) in [5.74, 6) is 0.971. The average molecular weight is 406 g/mol. The lowest BCUT2D eigenvalue weighted by Crippen LogP contribution is -2.17. The van der Waals surface area contributed by atoms with Gasteiger partial charge in [-0.25, -0.2) is 0 Å². The van der Waals surface area contributed by atoms with Gasteiger partial charge < -0.3 is 9.73 Å². The minimum atomic E-state index is 0.311. The molecule has 0 aliphatic rings. The quantitative estimate of drug-likeness (QED) is 0.757. The van der Waals surface area contributed by atoms with Gasteiger partial charge in [0.25, 0.3) is 0 Å². The normalized spacial score (nSPS) is 12.6. The van der Waals surface area contributed by atoms with E-state index in [9.17, 15) is 0 Å². The lowest BCUT2D eigenvalue weighted by Gasteiger charge is -2.13. The van der Waals surface area contributed by atoms with Crippen molar-refractivity contribution in [3.63, 3.8) is 0 Å². The molecule has 0 aliphatic heterocycles. The molecule has 0 saturated carbocycles. The Balaban J connectivity index is 1.93. The summed E-state index contributed by atoms with van der Waals surface area (Å²) < 4.78 is 7.54. The number of rotatable bonds is 4. The Morgan fingerprint density at radius 3 is 2.53 bits per heavy atom. The van der Waals surface area contributed by atoms with Gasteiger partial charge in [-0.05, 0) is 59.3 Å². The lowest BCUT2D eigenvalue weighted by molar-refractivity contribution is 0.445. The second-order valence-electron chi connectivity index (χ2n) is 3.86. The van der Waals surface area contributed by atoms with Crippen LogP contribution in [-0.4, -0.2) is 0 Å². The highest BCUT2D eigenvalue weighted by Crippen LogP contribution is 2.17. The number of halogens is 2. The van der Waals surface area contributed by atoms with E-state index in [0.717, 1.165) is 20.5 Å². The Morgan fingerprint density at radius 2 is 1.94 bits per heavy atom. The van der Waals surface area contributed by atoms with Crippen molar-refractivity contribution in [2.45, 2.75) is 19.5 Å². The summed E-state index contributed by atoms with van der Waals surface area (Å²) in [5.41, 5.74) is 1.27. The topological polar surface area (TPSA) is 25.2 Å². The number of hydrogen-bond donors (Lipinski definition) is 1. The Morgan fingerprint density at radius 1 is 1.24 bits per heavy atom. The van der Waals surface area contributed by atoms with Crippen LogP contribution in [0.5, 0.6) is 0 Å². The van der Waals surface area contributed by atoms with Crippen LogP contribution in [0.25, 0.3) is 0 Å². The number of furan rings is 1. The summed E-state index contributed by atoms with van der Waals surface area (Å²) in [7, 11) is 0. The SMILES string of the molecule is C[C@H](NCc1ccc(I)o1)c1ccc(Br)cc1. The molecule has 1 heterocycles. The smallest absolute Gasteiger partial charge is 0.164 e. The van der Waals surface area contributed by atoms with Crippen LogP contribution in [-0.2, 0) is 6.54 Å². The third-order valence-corrected chi connectivity index (χ3v) is 3.69. The summed E-state index contributed by atoms with van der Waals surface area (Å²) in [5, 5.41) is 3.44. The molecular weight excluding hydrogens is 393 g/mol. The molecule has 1 N–H and O–H groups in total. The summed E-state index contributed by atoms with van der Waals surface area (Å²) in [6, 6.07) is 12.6. The molecule has 0 bridgehead atoms. The summed E-state index contributed by atoms with van der Waals surface area (Å²) in [6.45, 7) is 2.90. The first-order chi connectivity index (χ1) is 8.15. The molecule has 2 rings (SSSR count). The zero-order chi connectivity index (χ0) is 12.3.